The summed E-state index contributed by atoms with van der Waals surface area (Å²) in [5, 5.41) is 21.9. The molecular formula is C12H16N2O3. The molecule has 2 rings (SSSR count). The van der Waals surface area contributed by atoms with Crippen LogP contribution in [0.2, 0.25) is 0 Å². The van der Waals surface area contributed by atoms with Gasteiger partial charge in [-0.1, -0.05) is 0 Å². The molecule has 17 heavy (non-hydrogen) atoms. The minimum Gasteiger partial charge on any atom is -0.508 e. The van der Waals surface area contributed by atoms with E-state index in [0.717, 1.165) is 31.5 Å². The number of carboxylic acids is 1. The highest BCUT2D eigenvalue weighted by Crippen LogP contribution is 2.28. The van der Waals surface area contributed by atoms with E-state index in [-0.39, 0.29) is 17.0 Å². The lowest BCUT2D eigenvalue weighted by atomic mass is 9.96. The molecular weight excluding hydrogens is 220 g/mol. The van der Waals surface area contributed by atoms with Gasteiger partial charge in [-0.2, -0.15) is 0 Å². The highest BCUT2D eigenvalue weighted by molar-refractivity contribution is 5.94. The van der Waals surface area contributed by atoms with Gasteiger partial charge in [0.1, 0.15) is 5.75 Å². The van der Waals surface area contributed by atoms with Gasteiger partial charge in [0.05, 0.1) is 5.56 Å². The van der Waals surface area contributed by atoms with E-state index >= 15 is 0 Å². The fourth-order valence-corrected chi connectivity index (χ4v) is 2.20. The second-order valence-electron chi connectivity index (χ2n) is 4.44. The molecule has 0 saturated carbocycles. The Morgan fingerprint density at radius 3 is 2.88 bits per heavy atom. The van der Waals surface area contributed by atoms with Crippen molar-refractivity contribution >= 4 is 11.7 Å². The summed E-state index contributed by atoms with van der Waals surface area (Å²) in [4.78, 5) is 10.8. The predicted molar refractivity (Wildman–Crippen MR) is 64.2 cm³/mol. The number of hydrogen-bond acceptors (Lipinski definition) is 4. The van der Waals surface area contributed by atoms with E-state index in [4.69, 9.17) is 10.8 Å². The first-order valence-electron chi connectivity index (χ1n) is 5.63. The number of hydrogen-bond donors (Lipinski definition) is 4. The van der Waals surface area contributed by atoms with E-state index in [2.05, 4.69) is 5.32 Å². The van der Waals surface area contributed by atoms with E-state index in [9.17, 15) is 9.90 Å². The number of aromatic hydroxyl groups is 1. The number of aromatic carboxylic acids is 1. The lowest BCUT2D eigenvalue weighted by Gasteiger charge is -2.12. The lowest BCUT2D eigenvalue weighted by molar-refractivity contribution is 0.0697. The predicted octanol–water partition coefficient (Wildman–Crippen LogP) is 0.825. The number of anilines is 1. The molecule has 0 spiro atoms. The molecule has 0 amide bonds. The van der Waals surface area contributed by atoms with E-state index in [0.29, 0.717) is 5.92 Å². The Bertz CT molecular complexity index is 440. The molecule has 1 heterocycles. The maximum Gasteiger partial charge on any atom is 0.337 e. The summed E-state index contributed by atoms with van der Waals surface area (Å²) < 4.78 is 0. The molecule has 0 radical (unpaired) electrons. The highest BCUT2D eigenvalue weighted by Gasteiger charge is 2.18. The van der Waals surface area contributed by atoms with Crippen molar-refractivity contribution in [3.63, 3.8) is 0 Å². The van der Waals surface area contributed by atoms with Crippen LogP contribution in [0.15, 0.2) is 12.1 Å². The molecule has 5 heteroatoms. The van der Waals surface area contributed by atoms with Crippen LogP contribution in [0.5, 0.6) is 5.75 Å². The minimum absolute atomic E-state index is 0.0171. The summed E-state index contributed by atoms with van der Waals surface area (Å²) in [5.41, 5.74) is 6.54. The number of carboxylic acid groups (broad SMARTS) is 1. The third-order valence-electron chi connectivity index (χ3n) is 3.15. The third kappa shape index (κ3) is 2.50. The molecule has 0 unspecified atom stereocenters. The summed E-state index contributed by atoms with van der Waals surface area (Å²) in [6.45, 7) is 1.92. The molecule has 5 N–H and O–H groups in total. The standard InChI is InChI=1S/C12H16N2O3/c13-10-4-8(3-7-1-2-14-6-7)11(15)5-9(10)12(16)17/h4-5,7,14-15H,1-3,6,13H2,(H,16,17)/t7-/m1/s1. The number of nitrogens with one attached hydrogen (secondary N) is 1. The monoisotopic (exact) mass is 236 g/mol. The first kappa shape index (κ1) is 11.7. The van der Waals surface area contributed by atoms with Crippen molar-refractivity contribution in [2.45, 2.75) is 12.8 Å². The number of phenols is 1. The van der Waals surface area contributed by atoms with Crippen LogP contribution in [-0.4, -0.2) is 29.3 Å². The molecule has 1 aliphatic rings. The molecule has 1 atom stereocenters. The average molecular weight is 236 g/mol. The Hall–Kier alpha value is -1.75. The largest absolute Gasteiger partial charge is 0.508 e. The molecule has 1 fully saturated rings. The number of rotatable bonds is 3. The van der Waals surface area contributed by atoms with E-state index in [1.165, 1.54) is 6.07 Å². The van der Waals surface area contributed by atoms with Gasteiger partial charge in [-0.3, -0.25) is 0 Å². The zero-order chi connectivity index (χ0) is 12.4. The zero-order valence-electron chi connectivity index (χ0n) is 9.44. The van der Waals surface area contributed by atoms with Crippen LogP contribution in [-0.2, 0) is 6.42 Å². The normalized spacial score (nSPS) is 19.4. The van der Waals surface area contributed by atoms with Crippen LogP contribution in [0.4, 0.5) is 5.69 Å². The Morgan fingerprint density at radius 2 is 2.29 bits per heavy atom. The van der Waals surface area contributed by atoms with Gasteiger partial charge in [0.15, 0.2) is 0 Å². The van der Waals surface area contributed by atoms with E-state index in [1.54, 1.807) is 6.07 Å². The maximum absolute atomic E-state index is 10.8. The molecule has 0 bridgehead atoms. The summed E-state index contributed by atoms with van der Waals surface area (Å²) in [7, 11) is 0. The zero-order valence-corrected chi connectivity index (χ0v) is 9.44. The summed E-state index contributed by atoms with van der Waals surface area (Å²) in [5.74, 6) is -0.619. The summed E-state index contributed by atoms with van der Waals surface area (Å²) >= 11 is 0. The Morgan fingerprint density at radius 1 is 1.53 bits per heavy atom. The Balaban J connectivity index is 2.23. The van der Waals surface area contributed by atoms with Gasteiger partial charge >= 0.3 is 5.97 Å². The molecule has 1 aromatic rings. The molecule has 1 aromatic carbocycles. The van der Waals surface area contributed by atoms with Gasteiger partial charge in [0, 0.05) is 5.69 Å². The molecule has 1 aliphatic heterocycles. The first-order chi connectivity index (χ1) is 8.08. The van der Waals surface area contributed by atoms with Crippen molar-refractivity contribution in [3.05, 3.63) is 23.3 Å². The van der Waals surface area contributed by atoms with Crippen LogP contribution in [0.1, 0.15) is 22.3 Å². The average Bonchev–Trinajstić information content (AvgIpc) is 2.75. The Labute approximate surface area is 99.3 Å². The molecule has 0 aromatic heterocycles. The maximum atomic E-state index is 10.8. The number of carbonyl (C=O) groups is 1. The highest BCUT2D eigenvalue weighted by atomic mass is 16.4. The summed E-state index contributed by atoms with van der Waals surface area (Å²) in [6, 6.07) is 2.80. The summed E-state index contributed by atoms with van der Waals surface area (Å²) in [6.07, 6.45) is 1.79. The smallest absolute Gasteiger partial charge is 0.337 e. The molecule has 5 nitrogen and oxygen atoms in total. The van der Waals surface area contributed by atoms with Crippen molar-refractivity contribution in [1.29, 1.82) is 0 Å². The molecule has 0 aliphatic carbocycles. The Kier molecular flexibility index (Phi) is 3.19. The second kappa shape index (κ2) is 4.63. The van der Waals surface area contributed by atoms with Gasteiger partial charge < -0.3 is 21.3 Å². The van der Waals surface area contributed by atoms with Crippen LogP contribution in [0, 0.1) is 5.92 Å². The molecule has 92 valence electrons. The SMILES string of the molecule is Nc1cc(C[C@H]2CCNC2)c(O)cc1C(=O)O. The van der Waals surface area contributed by atoms with Crippen LogP contribution >= 0.6 is 0 Å². The van der Waals surface area contributed by atoms with Gasteiger partial charge in [-0.05, 0) is 49.5 Å². The van der Waals surface area contributed by atoms with Crippen molar-refractivity contribution in [2.24, 2.45) is 5.92 Å². The van der Waals surface area contributed by atoms with Crippen molar-refractivity contribution < 1.29 is 15.0 Å². The number of nitrogens with two attached hydrogens (primary N) is 1. The third-order valence-corrected chi connectivity index (χ3v) is 3.15. The number of nitrogen functional groups attached to an aromatic ring is 1. The fraction of sp³-hybridized carbons (Fsp3) is 0.417. The minimum atomic E-state index is -1.12. The first-order valence-corrected chi connectivity index (χ1v) is 5.63. The molecule has 1 saturated heterocycles. The van der Waals surface area contributed by atoms with E-state index in [1.807, 2.05) is 0 Å². The van der Waals surface area contributed by atoms with Crippen molar-refractivity contribution in [1.82, 2.24) is 5.32 Å². The topological polar surface area (TPSA) is 95.6 Å². The van der Waals surface area contributed by atoms with Gasteiger partial charge in [0.2, 0.25) is 0 Å². The van der Waals surface area contributed by atoms with Crippen LogP contribution < -0.4 is 11.1 Å². The quantitative estimate of drug-likeness (QED) is 0.460. The lowest BCUT2D eigenvalue weighted by Crippen LogP contribution is -2.11. The number of phenolic OH excluding ortho intramolecular Hbond substituents is 1. The van der Waals surface area contributed by atoms with Gasteiger partial charge in [-0.25, -0.2) is 4.79 Å². The fourth-order valence-electron chi connectivity index (χ4n) is 2.20. The van der Waals surface area contributed by atoms with Gasteiger partial charge in [-0.15, -0.1) is 0 Å². The number of benzene rings is 1. The van der Waals surface area contributed by atoms with Crippen molar-refractivity contribution in [3.8, 4) is 5.75 Å². The second-order valence-corrected chi connectivity index (χ2v) is 4.44. The van der Waals surface area contributed by atoms with Crippen LogP contribution in [0.25, 0.3) is 0 Å². The van der Waals surface area contributed by atoms with Crippen LogP contribution in [0.3, 0.4) is 0 Å². The van der Waals surface area contributed by atoms with Gasteiger partial charge in [0.25, 0.3) is 0 Å². The van der Waals surface area contributed by atoms with Crippen molar-refractivity contribution in [2.75, 3.05) is 18.8 Å². The van der Waals surface area contributed by atoms with E-state index < -0.39 is 5.97 Å².